The average molecular weight is 349 g/mol. The summed E-state index contributed by atoms with van der Waals surface area (Å²) in [6.07, 6.45) is 2.81. The SMILES string of the molecule is CC(C)C(O)CC(=O)Nc1ccc(OCc2cccnc2)c(Cl)c1. The van der Waals surface area contributed by atoms with E-state index in [-0.39, 0.29) is 18.2 Å². The van der Waals surface area contributed by atoms with E-state index in [0.717, 1.165) is 5.56 Å². The van der Waals surface area contributed by atoms with Gasteiger partial charge in [0.1, 0.15) is 12.4 Å². The van der Waals surface area contributed by atoms with Gasteiger partial charge in [0.15, 0.2) is 0 Å². The first-order valence-electron chi connectivity index (χ1n) is 7.75. The number of anilines is 1. The smallest absolute Gasteiger partial charge is 0.226 e. The molecule has 2 rings (SSSR count). The molecule has 1 heterocycles. The summed E-state index contributed by atoms with van der Waals surface area (Å²) in [5.41, 5.74) is 1.50. The van der Waals surface area contributed by atoms with Crippen LogP contribution in [0.4, 0.5) is 5.69 Å². The quantitative estimate of drug-likeness (QED) is 0.801. The lowest BCUT2D eigenvalue weighted by Crippen LogP contribution is -2.23. The fraction of sp³-hybridized carbons (Fsp3) is 0.333. The Morgan fingerprint density at radius 3 is 2.79 bits per heavy atom. The summed E-state index contributed by atoms with van der Waals surface area (Å²) in [6, 6.07) is 8.79. The standard InChI is InChI=1S/C18H21ClN2O3/c1-12(2)16(22)9-18(23)21-14-5-6-17(15(19)8-14)24-11-13-4-3-7-20-10-13/h3-8,10,12,16,22H,9,11H2,1-2H3,(H,21,23). The van der Waals surface area contributed by atoms with Gasteiger partial charge in [-0.3, -0.25) is 9.78 Å². The molecule has 1 aromatic carbocycles. The Morgan fingerprint density at radius 2 is 2.17 bits per heavy atom. The molecule has 1 aromatic heterocycles. The number of carbonyl (C=O) groups is 1. The third kappa shape index (κ3) is 5.51. The Hall–Kier alpha value is -2.11. The number of benzene rings is 1. The molecule has 2 N–H and O–H groups in total. The molecule has 0 aliphatic carbocycles. The summed E-state index contributed by atoms with van der Waals surface area (Å²) < 4.78 is 5.65. The molecule has 0 aliphatic heterocycles. The maximum Gasteiger partial charge on any atom is 0.226 e. The van der Waals surface area contributed by atoms with Crippen LogP contribution in [0.15, 0.2) is 42.7 Å². The Balaban J connectivity index is 1.93. The van der Waals surface area contributed by atoms with E-state index in [1.807, 2.05) is 26.0 Å². The van der Waals surface area contributed by atoms with Gasteiger partial charge in [0, 0.05) is 23.6 Å². The van der Waals surface area contributed by atoms with Crippen LogP contribution in [0.1, 0.15) is 25.8 Å². The molecule has 0 radical (unpaired) electrons. The zero-order valence-electron chi connectivity index (χ0n) is 13.7. The van der Waals surface area contributed by atoms with E-state index in [1.165, 1.54) is 0 Å². The third-order valence-electron chi connectivity index (χ3n) is 3.50. The molecule has 2 aromatic rings. The van der Waals surface area contributed by atoms with E-state index in [2.05, 4.69) is 10.3 Å². The number of aliphatic hydroxyl groups is 1. The Morgan fingerprint density at radius 1 is 1.38 bits per heavy atom. The van der Waals surface area contributed by atoms with E-state index < -0.39 is 6.10 Å². The number of aromatic nitrogens is 1. The van der Waals surface area contributed by atoms with Crippen molar-refractivity contribution in [1.82, 2.24) is 4.98 Å². The Bertz CT molecular complexity index is 677. The van der Waals surface area contributed by atoms with Crippen LogP contribution in [0.5, 0.6) is 5.75 Å². The zero-order chi connectivity index (χ0) is 17.5. The fourth-order valence-electron chi connectivity index (χ4n) is 1.98. The summed E-state index contributed by atoms with van der Waals surface area (Å²) >= 11 is 6.19. The molecule has 0 fully saturated rings. The molecule has 0 aliphatic rings. The molecule has 24 heavy (non-hydrogen) atoms. The summed E-state index contributed by atoms with van der Waals surface area (Å²) in [6.45, 7) is 4.09. The van der Waals surface area contributed by atoms with Crippen LogP contribution in [-0.2, 0) is 11.4 Å². The predicted octanol–water partition coefficient (Wildman–Crippen LogP) is 3.66. The predicted molar refractivity (Wildman–Crippen MR) is 94.1 cm³/mol. The van der Waals surface area contributed by atoms with Crippen LogP contribution in [0.2, 0.25) is 5.02 Å². The van der Waals surface area contributed by atoms with Crippen molar-refractivity contribution in [1.29, 1.82) is 0 Å². The molecule has 1 amide bonds. The number of halogens is 1. The second-order valence-electron chi connectivity index (χ2n) is 5.86. The second kappa shape index (κ2) is 8.66. The number of amides is 1. The van der Waals surface area contributed by atoms with Gasteiger partial charge in [-0.25, -0.2) is 0 Å². The van der Waals surface area contributed by atoms with Crippen molar-refractivity contribution < 1.29 is 14.6 Å². The van der Waals surface area contributed by atoms with E-state index >= 15 is 0 Å². The molecule has 128 valence electrons. The minimum Gasteiger partial charge on any atom is -0.487 e. The van der Waals surface area contributed by atoms with Crippen molar-refractivity contribution in [2.75, 3.05) is 5.32 Å². The number of nitrogens with zero attached hydrogens (tertiary/aromatic N) is 1. The van der Waals surface area contributed by atoms with E-state index in [4.69, 9.17) is 16.3 Å². The molecular formula is C18H21ClN2O3. The van der Waals surface area contributed by atoms with Gasteiger partial charge < -0.3 is 15.2 Å². The number of carbonyl (C=O) groups excluding carboxylic acids is 1. The second-order valence-corrected chi connectivity index (χ2v) is 6.27. The van der Waals surface area contributed by atoms with E-state index in [0.29, 0.717) is 23.1 Å². The summed E-state index contributed by atoms with van der Waals surface area (Å²) in [7, 11) is 0. The van der Waals surface area contributed by atoms with Crippen LogP contribution in [-0.4, -0.2) is 22.1 Å². The summed E-state index contributed by atoms with van der Waals surface area (Å²) in [5.74, 6) is 0.305. The van der Waals surface area contributed by atoms with Crippen molar-refractivity contribution in [3.05, 3.63) is 53.3 Å². The van der Waals surface area contributed by atoms with E-state index in [1.54, 1.807) is 30.6 Å². The first kappa shape index (κ1) is 18.2. The van der Waals surface area contributed by atoms with Crippen LogP contribution in [0.3, 0.4) is 0 Å². The third-order valence-corrected chi connectivity index (χ3v) is 3.79. The van der Waals surface area contributed by atoms with Crippen molar-refractivity contribution >= 4 is 23.2 Å². The van der Waals surface area contributed by atoms with Gasteiger partial charge in [-0.1, -0.05) is 31.5 Å². The van der Waals surface area contributed by atoms with Gasteiger partial charge in [0.25, 0.3) is 0 Å². The maximum absolute atomic E-state index is 11.9. The van der Waals surface area contributed by atoms with Gasteiger partial charge in [-0.2, -0.15) is 0 Å². The van der Waals surface area contributed by atoms with Crippen molar-refractivity contribution in [2.45, 2.75) is 33.0 Å². The normalized spacial score (nSPS) is 12.0. The lowest BCUT2D eigenvalue weighted by atomic mass is 10.0. The Labute approximate surface area is 146 Å². The van der Waals surface area contributed by atoms with Crippen LogP contribution in [0, 0.1) is 5.92 Å². The molecule has 0 spiro atoms. The number of rotatable bonds is 7. The number of nitrogens with one attached hydrogen (secondary N) is 1. The molecule has 1 atom stereocenters. The molecule has 6 heteroatoms. The zero-order valence-corrected chi connectivity index (χ0v) is 14.5. The van der Waals surface area contributed by atoms with Crippen molar-refractivity contribution in [2.24, 2.45) is 5.92 Å². The van der Waals surface area contributed by atoms with Gasteiger partial charge in [0.05, 0.1) is 17.5 Å². The average Bonchev–Trinajstić information content (AvgIpc) is 2.54. The van der Waals surface area contributed by atoms with E-state index in [9.17, 15) is 9.90 Å². The molecule has 0 saturated carbocycles. The highest BCUT2D eigenvalue weighted by atomic mass is 35.5. The molecule has 0 bridgehead atoms. The number of aliphatic hydroxyl groups excluding tert-OH is 1. The number of hydrogen-bond donors (Lipinski definition) is 2. The fourth-order valence-corrected chi connectivity index (χ4v) is 2.21. The topological polar surface area (TPSA) is 71.5 Å². The highest BCUT2D eigenvalue weighted by Gasteiger charge is 2.15. The molecular weight excluding hydrogens is 328 g/mol. The first-order chi connectivity index (χ1) is 11.5. The van der Waals surface area contributed by atoms with Gasteiger partial charge in [0.2, 0.25) is 5.91 Å². The minimum absolute atomic E-state index is 0.0302. The minimum atomic E-state index is -0.664. The molecule has 1 unspecified atom stereocenters. The van der Waals surface area contributed by atoms with Crippen LogP contribution < -0.4 is 10.1 Å². The van der Waals surface area contributed by atoms with Gasteiger partial charge >= 0.3 is 0 Å². The van der Waals surface area contributed by atoms with Crippen LogP contribution in [0.25, 0.3) is 0 Å². The Kier molecular flexibility index (Phi) is 6.58. The van der Waals surface area contributed by atoms with Gasteiger partial charge in [-0.15, -0.1) is 0 Å². The summed E-state index contributed by atoms with van der Waals surface area (Å²) in [5, 5.41) is 12.9. The van der Waals surface area contributed by atoms with Crippen molar-refractivity contribution in [3.8, 4) is 5.75 Å². The highest BCUT2D eigenvalue weighted by Crippen LogP contribution is 2.28. The van der Waals surface area contributed by atoms with Crippen molar-refractivity contribution in [3.63, 3.8) is 0 Å². The highest BCUT2D eigenvalue weighted by molar-refractivity contribution is 6.32. The molecule has 5 nitrogen and oxygen atoms in total. The van der Waals surface area contributed by atoms with Crippen LogP contribution >= 0.6 is 11.6 Å². The lowest BCUT2D eigenvalue weighted by Gasteiger charge is -2.14. The number of ether oxygens (including phenoxy) is 1. The van der Waals surface area contributed by atoms with Gasteiger partial charge in [-0.05, 0) is 30.2 Å². The largest absolute Gasteiger partial charge is 0.487 e. The number of pyridine rings is 1. The number of hydrogen-bond acceptors (Lipinski definition) is 4. The lowest BCUT2D eigenvalue weighted by molar-refractivity contribution is -0.118. The summed E-state index contributed by atoms with van der Waals surface area (Å²) in [4.78, 5) is 15.9. The molecule has 0 saturated heterocycles. The monoisotopic (exact) mass is 348 g/mol. The first-order valence-corrected chi connectivity index (χ1v) is 8.12. The maximum atomic E-state index is 11.9.